The van der Waals surface area contributed by atoms with Gasteiger partial charge in [-0.3, -0.25) is 4.79 Å². The molecule has 0 aliphatic carbocycles. The summed E-state index contributed by atoms with van der Waals surface area (Å²) < 4.78 is 0. The zero-order valence-electron chi connectivity index (χ0n) is 22.3. The zero-order chi connectivity index (χ0) is 23.5. The number of carboxylic acids is 1. The molecule has 0 spiro atoms. The van der Waals surface area contributed by atoms with Gasteiger partial charge in [-0.25, -0.2) is 0 Å². The lowest BCUT2D eigenvalue weighted by atomic mass is 9.99. The molecule has 0 radical (unpaired) electrons. The Morgan fingerprint density at radius 3 is 1.00 bits per heavy atom. The second kappa shape index (κ2) is 26.7. The predicted octanol–water partition coefficient (Wildman–Crippen LogP) is 10.9. The van der Waals surface area contributed by atoms with Crippen molar-refractivity contribution in [3.63, 3.8) is 0 Å². The smallest absolute Gasteiger partial charge is 0.303 e. The second-order valence-corrected chi connectivity index (χ2v) is 10.6. The Kier molecular flexibility index (Phi) is 26.3. The van der Waals surface area contributed by atoms with E-state index in [1.54, 1.807) is 0 Å². The van der Waals surface area contributed by atoms with E-state index in [4.69, 9.17) is 5.11 Å². The normalized spacial score (nSPS) is 12.3. The third-order valence-electron chi connectivity index (χ3n) is 7.28. The van der Waals surface area contributed by atoms with E-state index in [0.717, 1.165) is 18.8 Å². The molecule has 0 saturated heterocycles. The Labute approximate surface area is 202 Å². The molecule has 0 heterocycles. The minimum Gasteiger partial charge on any atom is -0.481 e. The SMILES string of the molecule is CCC(C)CCCCCCCCCCCCCCCCCCCCCCCCCC(=O)O. The molecule has 0 aromatic carbocycles. The van der Waals surface area contributed by atoms with Gasteiger partial charge in [0.2, 0.25) is 0 Å². The molecular weight excluding hydrogens is 392 g/mol. The molecule has 2 nitrogen and oxygen atoms in total. The van der Waals surface area contributed by atoms with Gasteiger partial charge in [-0.15, -0.1) is 0 Å². The van der Waals surface area contributed by atoms with Gasteiger partial charge in [0.15, 0.2) is 0 Å². The van der Waals surface area contributed by atoms with Gasteiger partial charge in [0.1, 0.15) is 0 Å². The molecule has 1 atom stereocenters. The van der Waals surface area contributed by atoms with E-state index in [2.05, 4.69) is 13.8 Å². The Morgan fingerprint density at radius 1 is 0.500 bits per heavy atom. The van der Waals surface area contributed by atoms with Crippen LogP contribution in [-0.4, -0.2) is 11.1 Å². The van der Waals surface area contributed by atoms with Crippen molar-refractivity contribution < 1.29 is 9.90 Å². The third-order valence-corrected chi connectivity index (χ3v) is 7.28. The van der Waals surface area contributed by atoms with Crippen LogP contribution >= 0.6 is 0 Å². The maximum Gasteiger partial charge on any atom is 0.303 e. The van der Waals surface area contributed by atoms with Crippen LogP contribution in [0.1, 0.15) is 181 Å². The van der Waals surface area contributed by atoms with E-state index < -0.39 is 5.97 Å². The monoisotopic (exact) mass is 452 g/mol. The van der Waals surface area contributed by atoms with Crippen molar-refractivity contribution in [2.24, 2.45) is 5.92 Å². The van der Waals surface area contributed by atoms with Crippen molar-refractivity contribution in [2.45, 2.75) is 181 Å². The van der Waals surface area contributed by atoms with Crippen LogP contribution in [0.3, 0.4) is 0 Å². The van der Waals surface area contributed by atoms with E-state index in [-0.39, 0.29) is 0 Å². The first kappa shape index (κ1) is 31.5. The Bertz CT molecular complexity index is 366. The molecule has 0 bridgehead atoms. The van der Waals surface area contributed by atoms with Gasteiger partial charge in [0.05, 0.1) is 0 Å². The molecule has 0 amide bonds. The Morgan fingerprint density at radius 2 is 0.750 bits per heavy atom. The second-order valence-electron chi connectivity index (χ2n) is 10.6. The summed E-state index contributed by atoms with van der Waals surface area (Å²) in [6.07, 6.45) is 35.0. The van der Waals surface area contributed by atoms with Crippen LogP contribution in [0.15, 0.2) is 0 Å². The molecule has 0 aromatic rings. The fourth-order valence-electron chi connectivity index (χ4n) is 4.69. The van der Waals surface area contributed by atoms with Crippen molar-refractivity contribution >= 4 is 5.97 Å². The lowest BCUT2D eigenvalue weighted by Crippen LogP contribution is -1.93. The fraction of sp³-hybridized carbons (Fsp3) is 0.967. The molecule has 0 aliphatic heterocycles. The maximum atomic E-state index is 10.4. The molecule has 1 unspecified atom stereocenters. The van der Waals surface area contributed by atoms with Crippen molar-refractivity contribution in [2.75, 3.05) is 0 Å². The van der Waals surface area contributed by atoms with Gasteiger partial charge < -0.3 is 5.11 Å². The van der Waals surface area contributed by atoms with E-state index >= 15 is 0 Å². The Hall–Kier alpha value is -0.530. The minimum atomic E-state index is -0.649. The molecule has 32 heavy (non-hydrogen) atoms. The minimum absolute atomic E-state index is 0.346. The number of rotatable bonds is 27. The van der Waals surface area contributed by atoms with Crippen molar-refractivity contribution in [3.8, 4) is 0 Å². The van der Waals surface area contributed by atoms with Crippen LogP contribution in [0.2, 0.25) is 0 Å². The highest BCUT2D eigenvalue weighted by Crippen LogP contribution is 2.17. The number of carbonyl (C=O) groups is 1. The summed E-state index contributed by atoms with van der Waals surface area (Å²) in [5, 5.41) is 8.61. The molecule has 1 N–H and O–H groups in total. The summed E-state index contributed by atoms with van der Waals surface area (Å²) in [5.41, 5.74) is 0. The van der Waals surface area contributed by atoms with Crippen LogP contribution in [0, 0.1) is 5.92 Å². The summed E-state index contributed by atoms with van der Waals surface area (Å²) in [7, 11) is 0. The van der Waals surface area contributed by atoms with Gasteiger partial charge in [-0.2, -0.15) is 0 Å². The molecule has 0 rings (SSSR count). The molecule has 192 valence electrons. The van der Waals surface area contributed by atoms with E-state index in [1.165, 1.54) is 148 Å². The average molecular weight is 453 g/mol. The van der Waals surface area contributed by atoms with Gasteiger partial charge >= 0.3 is 5.97 Å². The van der Waals surface area contributed by atoms with Crippen LogP contribution in [0.5, 0.6) is 0 Å². The van der Waals surface area contributed by atoms with Crippen molar-refractivity contribution in [3.05, 3.63) is 0 Å². The highest BCUT2D eigenvalue weighted by molar-refractivity contribution is 5.66. The third kappa shape index (κ3) is 27.5. The standard InChI is InChI=1S/C30H60O2/c1-3-29(2)27-25-23-21-19-17-15-13-11-9-7-5-4-6-8-10-12-14-16-18-20-22-24-26-28-30(31)32/h29H,3-28H2,1-2H3,(H,31,32). The molecule has 0 aliphatic rings. The lowest BCUT2D eigenvalue weighted by molar-refractivity contribution is -0.137. The number of unbranched alkanes of at least 4 members (excludes halogenated alkanes) is 22. The van der Waals surface area contributed by atoms with Gasteiger partial charge in [-0.05, 0) is 12.3 Å². The first-order valence-corrected chi connectivity index (χ1v) is 14.9. The van der Waals surface area contributed by atoms with Crippen LogP contribution in [0.25, 0.3) is 0 Å². The van der Waals surface area contributed by atoms with Gasteiger partial charge in [0, 0.05) is 6.42 Å². The fourth-order valence-corrected chi connectivity index (χ4v) is 4.69. The molecule has 0 aromatic heterocycles. The van der Waals surface area contributed by atoms with Crippen LogP contribution < -0.4 is 0 Å². The molecule has 0 fully saturated rings. The summed E-state index contributed by atoms with van der Waals surface area (Å²) in [4.78, 5) is 10.4. The quantitative estimate of drug-likeness (QED) is 0.126. The number of hydrogen-bond donors (Lipinski definition) is 1. The highest BCUT2D eigenvalue weighted by atomic mass is 16.4. The van der Waals surface area contributed by atoms with Crippen LogP contribution in [-0.2, 0) is 4.79 Å². The van der Waals surface area contributed by atoms with Gasteiger partial charge in [0.25, 0.3) is 0 Å². The first-order valence-electron chi connectivity index (χ1n) is 14.9. The van der Waals surface area contributed by atoms with E-state index in [1.807, 2.05) is 0 Å². The highest BCUT2D eigenvalue weighted by Gasteiger charge is 1.99. The predicted molar refractivity (Wildman–Crippen MR) is 143 cm³/mol. The summed E-state index contributed by atoms with van der Waals surface area (Å²) in [6, 6.07) is 0. The van der Waals surface area contributed by atoms with Gasteiger partial charge in [-0.1, -0.05) is 168 Å². The number of hydrogen-bond acceptors (Lipinski definition) is 1. The molecule has 0 saturated carbocycles. The maximum absolute atomic E-state index is 10.4. The van der Waals surface area contributed by atoms with Crippen molar-refractivity contribution in [1.29, 1.82) is 0 Å². The Balaban J connectivity index is 3.03. The summed E-state index contributed by atoms with van der Waals surface area (Å²) >= 11 is 0. The number of carboxylic acid groups (broad SMARTS) is 1. The molecule has 2 heteroatoms. The molecular formula is C30H60O2. The zero-order valence-corrected chi connectivity index (χ0v) is 22.3. The topological polar surface area (TPSA) is 37.3 Å². The largest absolute Gasteiger partial charge is 0.481 e. The lowest BCUT2D eigenvalue weighted by Gasteiger charge is -2.07. The summed E-state index contributed by atoms with van der Waals surface area (Å²) in [6.45, 7) is 4.71. The van der Waals surface area contributed by atoms with Crippen molar-refractivity contribution in [1.82, 2.24) is 0 Å². The average Bonchev–Trinajstić information content (AvgIpc) is 2.78. The first-order chi connectivity index (χ1) is 15.7. The van der Waals surface area contributed by atoms with E-state index in [0.29, 0.717) is 6.42 Å². The van der Waals surface area contributed by atoms with Crippen LogP contribution in [0.4, 0.5) is 0 Å². The van der Waals surface area contributed by atoms with E-state index in [9.17, 15) is 4.79 Å². The summed E-state index contributed by atoms with van der Waals surface area (Å²) in [5.74, 6) is 0.287. The number of aliphatic carboxylic acids is 1.